The average molecular weight is 267 g/mol. The zero-order chi connectivity index (χ0) is 13.1. The van der Waals surface area contributed by atoms with Crippen LogP contribution in [0.2, 0.25) is 0 Å². The molecule has 7 heteroatoms. The minimum absolute atomic E-state index is 0.0128. The van der Waals surface area contributed by atoms with Gasteiger partial charge in [0.1, 0.15) is 12.3 Å². The van der Waals surface area contributed by atoms with Crippen molar-refractivity contribution in [1.29, 1.82) is 0 Å². The van der Waals surface area contributed by atoms with Gasteiger partial charge in [0, 0.05) is 11.9 Å². The van der Waals surface area contributed by atoms with Crippen LogP contribution in [0.25, 0.3) is 0 Å². The maximum atomic E-state index is 10.6. The SMILES string of the molecule is Cc1cnc(Cn2c(C)cnc2SCC(=O)O)o1. The van der Waals surface area contributed by atoms with Crippen LogP contribution in [0.15, 0.2) is 22.0 Å². The standard InChI is InChI=1S/C11H13N3O3S/c1-7-3-13-11(18-6-10(15)16)14(7)5-9-12-4-8(2)17-9/h3-4H,5-6H2,1-2H3,(H,15,16). The fourth-order valence-electron chi connectivity index (χ4n) is 1.48. The predicted octanol–water partition coefficient (Wildman–Crippen LogP) is 1.71. The summed E-state index contributed by atoms with van der Waals surface area (Å²) in [5.41, 5.74) is 0.943. The number of rotatable bonds is 5. The lowest BCUT2D eigenvalue weighted by Crippen LogP contribution is -2.06. The lowest BCUT2D eigenvalue weighted by Gasteiger charge is -2.06. The first-order valence-electron chi connectivity index (χ1n) is 5.34. The molecule has 2 aromatic rings. The largest absolute Gasteiger partial charge is 0.481 e. The Morgan fingerprint density at radius 1 is 1.44 bits per heavy atom. The van der Waals surface area contributed by atoms with E-state index in [2.05, 4.69) is 9.97 Å². The molecule has 1 N–H and O–H groups in total. The summed E-state index contributed by atoms with van der Waals surface area (Å²) in [5.74, 6) is 0.466. The molecule has 2 heterocycles. The number of aromatic nitrogens is 3. The van der Waals surface area contributed by atoms with Gasteiger partial charge < -0.3 is 14.1 Å². The number of carboxylic acid groups (broad SMARTS) is 1. The first kappa shape index (κ1) is 12.7. The van der Waals surface area contributed by atoms with Crippen molar-refractivity contribution in [3.05, 3.63) is 29.7 Å². The smallest absolute Gasteiger partial charge is 0.313 e. The van der Waals surface area contributed by atoms with Gasteiger partial charge in [0.05, 0.1) is 11.9 Å². The van der Waals surface area contributed by atoms with Gasteiger partial charge in [-0.25, -0.2) is 9.97 Å². The highest BCUT2D eigenvalue weighted by molar-refractivity contribution is 7.99. The second-order valence-corrected chi connectivity index (χ2v) is 4.76. The molecule has 6 nitrogen and oxygen atoms in total. The van der Waals surface area contributed by atoms with Crippen molar-refractivity contribution >= 4 is 17.7 Å². The van der Waals surface area contributed by atoms with Crippen molar-refractivity contribution < 1.29 is 14.3 Å². The average Bonchev–Trinajstić information content (AvgIpc) is 2.85. The van der Waals surface area contributed by atoms with Crippen LogP contribution in [0.5, 0.6) is 0 Å². The van der Waals surface area contributed by atoms with Crippen LogP contribution in [-0.4, -0.2) is 31.4 Å². The van der Waals surface area contributed by atoms with E-state index in [9.17, 15) is 4.79 Å². The van der Waals surface area contributed by atoms with Gasteiger partial charge in [-0.05, 0) is 13.8 Å². The topological polar surface area (TPSA) is 81.2 Å². The van der Waals surface area contributed by atoms with Crippen LogP contribution >= 0.6 is 11.8 Å². The first-order chi connectivity index (χ1) is 8.56. The maximum Gasteiger partial charge on any atom is 0.313 e. The summed E-state index contributed by atoms with van der Waals surface area (Å²) in [4.78, 5) is 18.9. The summed E-state index contributed by atoms with van der Waals surface area (Å²) in [6, 6.07) is 0. The van der Waals surface area contributed by atoms with E-state index in [1.807, 2.05) is 18.4 Å². The number of aryl methyl sites for hydroxylation is 2. The van der Waals surface area contributed by atoms with Crippen LogP contribution in [0.4, 0.5) is 0 Å². The lowest BCUT2D eigenvalue weighted by atomic mass is 10.5. The second kappa shape index (κ2) is 5.26. The van der Waals surface area contributed by atoms with Crippen LogP contribution in [0, 0.1) is 13.8 Å². The van der Waals surface area contributed by atoms with Crippen molar-refractivity contribution in [3.63, 3.8) is 0 Å². The van der Waals surface area contributed by atoms with Gasteiger partial charge in [0.25, 0.3) is 0 Å². The molecule has 0 aliphatic carbocycles. The third kappa shape index (κ3) is 2.92. The van der Waals surface area contributed by atoms with Gasteiger partial charge in [-0.2, -0.15) is 0 Å². The first-order valence-corrected chi connectivity index (χ1v) is 6.33. The number of hydrogen-bond acceptors (Lipinski definition) is 5. The third-order valence-corrected chi connectivity index (χ3v) is 3.28. The highest BCUT2D eigenvalue weighted by Crippen LogP contribution is 2.19. The minimum Gasteiger partial charge on any atom is -0.481 e. The fourth-order valence-corrected chi connectivity index (χ4v) is 2.23. The van der Waals surface area contributed by atoms with E-state index in [0.29, 0.717) is 17.6 Å². The number of carbonyl (C=O) groups is 1. The Hall–Kier alpha value is -1.76. The highest BCUT2D eigenvalue weighted by atomic mass is 32.2. The molecule has 0 unspecified atom stereocenters. The Morgan fingerprint density at radius 3 is 2.83 bits per heavy atom. The molecular formula is C11H13N3O3S. The number of aliphatic carboxylic acids is 1. The number of oxazole rings is 1. The normalized spacial score (nSPS) is 10.8. The molecule has 0 fully saturated rings. The molecule has 0 bridgehead atoms. The molecule has 2 rings (SSSR count). The van der Waals surface area contributed by atoms with Crippen molar-refractivity contribution in [1.82, 2.24) is 14.5 Å². The lowest BCUT2D eigenvalue weighted by molar-refractivity contribution is -0.133. The van der Waals surface area contributed by atoms with Crippen LogP contribution in [0.1, 0.15) is 17.3 Å². The van der Waals surface area contributed by atoms with E-state index in [0.717, 1.165) is 11.5 Å². The molecule has 0 atom stereocenters. The van der Waals surface area contributed by atoms with Crippen LogP contribution in [-0.2, 0) is 11.3 Å². The van der Waals surface area contributed by atoms with E-state index in [4.69, 9.17) is 9.52 Å². The fraction of sp³-hybridized carbons (Fsp3) is 0.364. The quantitative estimate of drug-likeness (QED) is 0.831. The second-order valence-electron chi connectivity index (χ2n) is 3.82. The molecule has 18 heavy (non-hydrogen) atoms. The van der Waals surface area contributed by atoms with E-state index < -0.39 is 5.97 Å². The number of hydrogen-bond donors (Lipinski definition) is 1. The Kier molecular flexibility index (Phi) is 3.71. The van der Waals surface area contributed by atoms with Gasteiger partial charge in [0.15, 0.2) is 5.16 Å². The number of nitrogens with zero attached hydrogens (tertiary/aromatic N) is 3. The summed E-state index contributed by atoms with van der Waals surface area (Å²) < 4.78 is 7.29. The van der Waals surface area contributed by atoms with Crippen molar-refractivity contribution in [3.8, 4) is 0 Å². The number of thioether (sulfide) groups is 1. The van der Waals surface area contributed by atoms with Crippen molar-refractivity contribution in [2.24, 2.45) is 0 Å². The van der Waals surface area contributed by atoms with E-state index in [-0.39, 0.29) is 5.75 Å². The summed E-state index contributed by atoms with van der Waals surface area (Å²) in [7, 11) is 0. The van der Waals surface area contributed by atoms with Crippen molar-refractivity contribution in [2.75, 3.05) is 5.75 Å². The van der Waals surface area contributed by atoms with Gasteiger partial charge in [-0.15, -0.1) is 0 Å². The van der Waals surface area contributed by atoms with Crippen LogP contribution in [0.3, 0.4) is 0 Å². The maximum absolute atomic E-state index is 10.6. The van der Waals surface area contributed by atoms with Crippen molar-refractivity contribution in [2.45, 2.75) is 25.5 Å². The van der Waals surface area contributed by atoms with Crippen LogP contribution < -0.4 is 0 Å². The molecule has 2 aromatic heterocycles. The Bertz CT molecular complexity index is 562. The number of imidazole rings is 1. The van der Waals surface area contributed by atoms with E-state index in [1.165, 1.54) is 11.8 Å². The molecule has 0 spiro atoms. The molecule has 0 aromatic carbocycles. The number of carboxylic acids is 1. The molecule has 0 amide bonds. The third-order valence-electron chi connectivity index (χ3n) is 2.31. The Balaban J connectivity index is 2.16. The minimum atomic E-state index is -0.862. The zero-order valence-corrected chi connectivity index (χ0v) is 10.9. The molecule has 0 aliphatic rings. The summed E-state index contributed by atoms with van der Waals surface area (Å²) >= 11 is 1.18. The van der Waals surface area contributed by atoms with E-state index >= 15 is 0 Å². The van der Waals surface area contributed by atoms with Gasteiger partial charge in [-0.3, -0.25) is 4.79 Å². The monoisotopic (exact) mass is 267 g/mol. The molecule has 0 saturated carbocycles. The molecule has 96 valence electrons. The molecule has 0 aliphatic heterocycles. The molecule has 0 radical (unpaired) electrons. The Labute approximate surface area is 108 Å². The van der Waals surface area contributed by atoms with Gasteiger partial charge in [0.2, 0.25) is 5.89 Å². The Morgan fingerprint density at radius 2 is 2.22 bits per heavy atom. The summed E-state index contributed by atoms with van der Waals surface area (Å²) in [5, 5.41) is 9.33. The van der Waals surface area contributed by atoms with Gasteiger partial charge >= 0.3 is 5.97 Å². The van der Waals surface area contributed by atoms with Gasteiger partial charge in [-0.1, -0.05) is 11.8 Å². The summed E-state index contributed by atoms with van der Waals surface area (Å²) in [6.07, 6.45) is 3.37. The zero-order valence-electron chi connectivity index (χ0n) is 10.1. The van der Waals surface area contributed by atoms with E-state index in [1.54, 1.807) is 12.4 Å². The molecule has 0 saturated heterocycles. The molecular weight excluding hydrogens is 254 g/mol. The highest BCUT2D eigenvalue weighted by Gasteiger charge is 2.12. The predicted molar refractivity (Wildman–Crippen MR) is 65.7 cm³/mol. The summed E-state index contributed by atoms with van der Waals surface area (Å²) in [6.45, 7) is 4.20.